The summed E-state index contributed by atoms with van der Waals surface area (Å²) in [4.78, 5) is 11.9. The van der Waals surface area contributed by atoms with Gasteiger partial charge in [0.25, 0.3) is 5.91 Å². The maximum absolute atomic E-state index is 13.6. The zero-order valence-corrected chi connectivity index (χ0v) is 18.2. The third kappa shape index (κ3) is 6.40. The van der Waals surface area contributed by atoms with E-state index in [4.69, 9.17) is 23.2 Å². The van der Waals surface area contributed by atoms with E-state index in [9.17, 15) is 44.3 Å². The lowest BCUT2D eigenvalue weighted by atomic mass is 10.0. The molecular formula is C20H10Cl2F9N3O. The first-order valence-corrected chi connectivity index (χ1v) is 9.91. The largest absolute Gasteiger partial charge is 0.435 e. The second-order valence-corrected chi connectivity index (χ2v) is 7.89. The molecule has 1 heterocycles. The van der Waals surface area contributed by atoms with Crippen LogP contribution in [0.3, 0.4) is 0 Å². The lowest BCUT2D eigenvalue weighted by Crippen LogP contribution is -2.34. The molecule has 0 radical (unpaired) electrons. The van der Waals surface area contributed by atoms with E-state index in [2.05, 4.69) is 5.10 Å². The third-order valence-electron chi connectivity index (χ3n) is 4.42. The molecule has 35 heavy (non-hydrogen) atoms. The SMILES string of the molecule is O=C(NCC(F)(F)F)c1ccc(-n2cc(-c3cc(Cl)cc(Cl)c3)c(C(F)(F)F)n2)cc1C(F)(F)F. The van der Waals surface area contributed by atoms with E-state index in [0.717, 1.165) is 24.4 Å². The highest BCUT2D eigenvalue weighted by molar-refractivity contribution is 6.35. The molecule has 0 saturated carbocycles. The minimum absolute atomic E-state index is 0.0121. The van der Waals surface area contributed by atoms with Gasteiger partial charge in [0.2, 0.25) is 0 Å². The Hall–Kier alpha value is -2.93. The summed E-state index contributed by atoms with van der Waals surface area (Å²) in [5, 5.41) is 4.63. The molecule has 1 aromatic heterocycles. The quantitative estimate of drug-likeness (QED) is 0.350. The molecular weight excluding hydrogens is 540 g/mol. The van der Waals surface area contributed by atoms with Gasteiger partial charge in [0, 0.05) is 21.8 Å². The van der Waals surface area contributed by atoms with Crippen molar-refractivity contribution in [1.29, 1.82) is 0 Å². The molecule has 3 aromatic rings. The topological polar surface area (TPSA) is 46.9 Å². The van der Waals surface area contributed by atoms with E-state index in [0.29, 0.717) is 16.8 Å². The van der Waals surface area contributed by atoms with Crippen LogP contribution < -0.4 is 5.32 Å². The van der Waals surface area contributed by atoms with Gasteiger partial charge < -0.3 is 5.32 Å². The minimum Gasteiger partial charge on any atom is -0.343 e. The van der Waals surface area contributed by atoms with Gasteiger partial charge in [-0.25, -0.2) is 4.68 Å². The van der Waals surface area contributed by atoms with Crippen LogP contribution in [0.5, 0.6) is 0 Å². The lowest BCUT2D eigenvalue weighted by Gasteiger charge is -2.15. The Labute approximate surface area is 200 Å². The number of rotatable bonds is 4. The highest BCUT2D eigenvalue weighted by atomic mass is 35.5. The highest BCUT2D eigenvalue weighted by Crippen LogP contribution is 2.39. The first kappa shape index (κ1) is 26.7. The van der Waals surface area contributed by atoms with Crippen LogP contribution in [0, 0.1) is 0 Å². The van der Waals surface area contributed by atoms with Crippen molar-refractivity contribution in [3.05, 3.63) is 69.5 Å². The van der Waals surface area contributed by atoms with Crippen LogP contribution in [-0.4, -0.2) is 28.4 Å². The summed E-state index contributed by atoms with van der Waals surface area (Å²) in [6.45, 7) is -1.88. The predicted molar refractivity (Wildman–Crippen MR) is 107 cm³/mol. The molecule has 4 nitrogen and oxygen atoms in total. The molecule has 15 heteroatoms. The maximum atomic E-state index is 13.6. The van der Waals surface area contributed by atoms with Crippen molar-refractivity contribution in [2.45, 2.75) is 18.5 Å². The van der Waals surface area contributed by atoms with Crippen LogP contribution in [0.2, 0.25) is 10.0 Å². The fourth-order valence-corrected chi connectivity index (χ4v) is 3.55. The second kappa shape index (κ2) is 9.26. The Morgan fingerprint density at radius 3 is 2.00 bits per heavy atom. The Balaban J connectivity index is 2.13. The molecule has 0 saturated heterocycles. The summed E-state index contributed by atoms with van der Waals surface area (Å²) in [7, 11) is 0. The Kier molecular flexibility index (Phi) is 7.06. The molecule has 188 valence electrons. The van der Waals surface area contributed by atoms with Crippen molar-refractivity contribution >= 4 is 29.1 Å². The zero-order valence-electron chi connectivity index (χ0n) is 16.7. The summed E-state index contributed by atoms with van der Waals surface area (Å²) in [6, 6.07) is 5.17. The molecule has 1 N–H and O–H groups in total. The number of benzene rings is 2. The third-order valence-corrected chi connectivity index (χ3v) is 4.86. The lowest BCUT2D eigenvalue weighted by molar-refractivity contribution is -0.141. The predicted octanol–water partition coefficient (Wildman–Crippen LogP) is 7.18. The number of amides is 1. The molecule has 1 amide bonds. The fraction of sp³-hybridized carbons (Fsp3) is 0.200. The van der Waals surface area contributed by atoms with Gasteiger partial charge in [0.15, 0.2) is 5.69 Å². The monoisotopic (exact) mass is 549 g/mol. The molecule has 0 fully saturated rings. The van der Waals surface area contributed by atoms with E-state index >= 15 is 0 Å². The summed E-state index contributed by atoms with van der Waals surface area (Å²) in [5.74, 6) is -1.67. The minimum atomic E-state index is -5.23. The van der Waals surface area contributed by atoms with E-state index in [-0.39, 0.29) is 15.6 Å². The number of hydrogen-bond acceptors (Lipinski definition) is 2. The first-order chi connectivity index (χ1) is 16.0. The average molecular weight is 550 g/mol. The van der Waals surface area contributed by atoms with Crippen LogP contribution in [0.4, 0.5) is 39.5 Å². The number of alkyl halides is 9. The van der Waals surface area contributed by atoms with Crippen molar-refractivity contribution in [1.82, 2.24) is 15.1 Å². The highest BCUT2D eigenvalue weighted by Gasteiger charge is 2.39. The molecule has 0 aliphatic heterocycles. The summed E-state index contributed by atoms with van der Waals surface area (Å²) < 4.78 is 119. The van der Waals surface area contributed by atoms with Crippen LogP contribution in [0.25, 0.3) is 16.8 Å². The number of nitrogens with zero attached hydrogens (tertiary/aromatic N) is 2. The normalized spacial score (nSPS) is 12.7. The fourth-order valence-electron chi connectivity index (χ4n) is 3.02. The van der Waals surface area contributed by atoms with Gasteiger partial charge >= 0.3 is 18.5 Å². The van der Waals surface area contributed by atoms with E-state index in [1.807, 2.05) is 0 Å². The molecule has 0 aliphatic rings. The molecule has 0 aliphatic carbocycles. The standard InChI is InChI=1S/C20H10Cl2F9N3O/c21-10-3-9(4-11(22)5-10)14-7-34(33-16(14)20(29,30)31)12-1-2-13(15(6-12)19(26,27)28)17(35)32-8-18(23,24)25/h1-7H,8H2,(H,32,35). The summed E-state index contributed by atoms with van der Waals surface area (Å²) >= 11 is 11.7. The van der Waals surface area contributed by atoms with E-state index in [1.165, 1.54) is 11.4 Å². The maximum Gasteiger partial charge on any atom is 0.435 e. The van der Waals surface area contributed by atoms with Gasteiger partial charge in [-0.1, -0.05) is 23.2 Å². The van der Waals surface area contributed by atoms with Crippen molar-refractivity contribution in [3.63, 3.8) is 0 Å². The Morgan fingerprint density at radius 2 is 1.49 bits per heavy atom. The molecule has 0 bridgehead atoms. The number of hydrogen-bond donors (Lipinski definition) is 1. The average Bonchev–Trinajstić information content (AvgIpc) is 3.16. The zero-order chi connectivity index (χ0) is 26.3. The summed E-state index contributed by atoms with van der Waals surface area (Å²) in [6.07, 6.45) is -14.4. The van der Waals surface area contributed by atoms with Gasteiger partial charge in [-0.15, -0.1) is 0 Å². The Morgan fingerprint density at radius 1 is 0.886 bits per heavy atom. The van der Waals surface area contributed by atoms with E-state index in [1.54, 1.807) is 0 Å². The smallest absolute Gasteiger partial charge is 0.343 e. The first-order valence-electron chi connectivity index (χ1n) is 9.15. The molecule has 0 unspecified atom stereocenters. The van der Waals surface area contributed by atoms with Gasteiger partial charge in [-0.05, 0) is 42.0 Å². The van der Waals surface area contributed by atoms with Gasteiger partial charge in [-0.2, -0.15) is 44.6 Å². The van der Waals surface area contributed by atoms with Crippen molar-refractivity contribution < 1.29 is 44.3 Å². The molecule has 2 aromatic carbocycles. The van der Waals surface area contributed by atoms with Crippen molar-refractivity contribution in [3.8, 4) is 16.8 Å². The van der Waals surface area contributed by atoms with Crippen LogP contribution in [0.1, 0.15) is 21.6 Å². The van der Waals surface area contributed by atoms with E-state index < -0.39 is 59.1 Å². The van der Waals surface area contributed by atoms with Gasteiger partial charge in [0.1, 0.15) is 6.54 Å². The number of nitrogens with one attached hydrogen (secondary N) is 1. The molecule has 0 atom stereocenters. The van der Waals surface area contributed by atoms with Crippen LogP contribution >= 0.6 is 23.2 Å². The van der Waals surface area contributed by atoms with Gasteiger partial charge in [-0.3, -0.25) is 4.79 Å². The van der Waals surface area contributed by atoms with Crippen molar-refractivity contribution in [2.24, 2.45) is 0 Å². The Bertz CT molecular complexity index is 1240. The number of carbonyl (C=O) groups excluding carboxylic acids is 1. The molecule has 3 rings (SSSR count). The number of aromatic nitrogens is 2. The van der Waals surface area contributed by atoms with Crippen LogP contribution in [0.15, 0.2) is 42.6 Å². The van der Waals surface area contributed by atoms with Gasteiger partial charge in [0.05, 0.1) is 16.8 Å². The van der Waals surface area contributed by atoms with Crippen LogP contribution in [-0.2, 0) is 12.4 Å². The second-order valence-electron chi connectivity index (χ2n) is 7.02. The molecule has 0 spiro atoms. The number of halogens is 11. The van der Waals surface area contributed by atoms with Crippen molar-refractivity contribution in [2.75, 3.05) is 6.54 Å². The number of carbonyl (C=O) groups is 1. The summed E-state index contributed by atoms with van der Waals surface area (Å²) in [5.41, 5.74) is -5.52.